The smallest absolute Gasteiger partial charge is 0.242 e. The third-order valence-electron chi connectivity index (χ3n) is 5.70. The number of benzene rings is 2. The molecule has 0 radical (unpaired) electrons. The Kier molecular flexibility index (Phi) is 5.55. The van der Waals surface area contributed by atoms with Gasteiger partial charge in [0.1, 0.15) is 0 Å². The summed E-state index contributed by atoms with van der Waals surface area (Å²) in [5.74, 6) is 0. The highest BCUT2D eigenvalue weighted by Gasteiger charge is 2.31. The molecule has 2 aromatic rings. The zero-order chi connectivity index (χ0) is 19.9. The predicted octanol–water partition coefficient (Wildman–Crippen LogP) is 2.93. The van der Waals surface area contributed by atoms with Crippen molar-refractivity contribution in [2.24, 2.45) is 0 Å². The Hall–Kier alpha value is -1.38. The second kappa shape index (κ2) is 7.80. The maximum Gasteiger partial charge on any atom is 0.242 e. The SMILES string of the molecule is CN1CCN(C2Cc3ccccc3Sc3ccc(S(=O)(=O)N(C)C)cc32)CC1. The molecule has 150 valence electrons. The Bertz CT molecular complexity index is 967. The molecule has 5 nitrogen and oxygen atoms in total. The summed E-state index contributed by atoms with van der Waals surface area (Å²) < 4.78 is 26.8. The van der Waals surface area contributed by atoms with Crippen molar-refractivity contribution in [1.29, 1.82) is 0 Å². The molecular formula is C21H27N3O2S2. The van der Waals surface area contributed by atoms with Gasteiger partial charge in [-0.25, -0.2) is 12.7 Å². The fourth-order valence-electron chi connectivity index (χ4n) is 3.92. The first-order valence-corrected chi connectivity index (χ1v) is 11.9. The summed E-state index contributed by atoms with van der Waals surface area (Å²) in [6, 6.07) is 14.4. The summed E-state index contributed by atoms with van der Waals surface area (Å²) in [6.45, 7) is 4.07. The second-order valence-electron chi connectivity index (χ2n) is 7.76. The molecule has 1 saturated heterocycles. The third kappa shape index (κ3) is 3.74. The molecule has 0 amide bonds. The minimum atomic E-state index is -3.46. The standard InChI is InChI=1S/C21H27N3O2S2/c1-22(2)28(25,26)17-8-9-21-18(15-17)19(24-12-10-23(3)11-13-24)14-16-6-4-5-7-20(16)27-21/h4-9,15,19H,10-14H2,1-3H3. The van der Waals surface area contributed by atoms with Crippen LogP contribution in [0.2, 0.25) is 0 Å². The number of fused-ring (bicyclic) bond motifs is 2. The van der Waals surface area contributed by atoms with Gasteiger partial charge in [-0.15, -0.1) is 0 Å². The van der Waals surface area contributed by atoms with Crippen molar-refractivity contribution in [3.05, 3.63) is 53.6 Å². The monoisotopic (exact) mass is 417 g/mol. The molecule has 0 aromatic heterocycles. The van der Waals surface area contributed by atoms with Crippen LogP contribution in [0, 0.1) is 0 Å². The van der Waals surface area contributed by atoms with E-state index in [9.17, 15) is 8.42 Å². The molecule has 1 atom stereocenters. The van der Waals surface area contributed by atoms with Crippen LogP contribution in [-0.2, 0) is 16.4 Å². The molecule has 0 N–H and O–H groups in total. The molecule has 0 aliphatic carbocycles. The molecule has 7 heteroatoms. The summed E-state index contributed by atoms with van der Waals surface area (Å²) in [5, 5.41) is 0. The topological polar surface area (TPSA) is 43.9 Å². The number of likely N-dealkylation sites (N-methyl/N-ethyl adjacent to an activating group) is 1. The highest BCUT2D eigenvalue weighted by Crippen LogP contribution is 2.43. The van der Waals surface area contributed by atoms with Gasteiger partial charge in [-0.05, 0) is 48.9 Å². The molecular weight excluding hydrogens is 390 g/mol. The Labute approximate surface area is 172 Å². The number of hydrogen-bond acceptors (Lipinski definition) is 5. The lowest BCUT2D eigenvalue weighted by molar-refractivity contribution is 0.109. The highest BCUT2D eigenvalue weighted by molar-refractivity contribution is 7.99. The van der Waals surface area contributed by atoms with Crippen molar-refractivity contribution < 1.29 is 8.42 Å². The second-order valence-corrected chi connectivity index (χ2v) is 11.0. The molecule has 0 saturated carbocycles. The number of sulfonamides is 1. The van der Waals surface area contributed by atoms with Gasteiger partial charge in [-0.2, -0.15) is 0 Å². The first-order chi connectivity index (χ1) is 13.4. The average molecular weight is 418 g/mol. The van der Waals surface area contributed by atoms with Crippen LogP contribution < -0.4 is 0 Å². The van der Waals surface area contributed by atoms with Crippen LogP contribution in [0.4, 0.5) is 0 Å². The van der Waals surface area contributed by atoms with E-state index in [2.05, 4.69) is 41.1 Å². The van der Waals surface area contributed by atoms with E-state index in [1.807, 2.05) is 12.1 Å². The molecule has 1 fully saturated rings. The van der Waals surface area contributed by atoms with Crippen LogP contribution in [0.1, 0.15) is 17.2 Å². The van der Waals surface area contributed by atoms with E-state index in [0.717, 1.165) is 43.1 Å². The van der Waals surface area contributed by atoms with Gasteiger partial charge in [0.15, 0.2) is 0 Å². The number of hydrogen-bond donors (Lipinski definition) is 0. The number of rotatable bonds is 3. The van der Waals surface area contributed by atoms with Gasteiger partial charge in [0.2, 0.25) is 10.0 Å². The molecule has 2 aliphatic heterocycles. The largest absolute Gasteiger partial charge is 0.304 e. The van der Waals surface area contributed by atoms with Crippen molar-refractivity contribution in [2.45, 2.75) is 27.1 Å². The molecule has 0 bridgehead atoms. The van der Waals surface area contributed by atoms with Gasteiger partial charge < -0.3 is 4.90 Å². The molecule has 1 unspecified atom stereocenters. The maximum atomic E-state index is 12.7. The number of piperazine rings is 1. The highest BCUT2D eigenvalue weighted by atomic mass is 32.2. The van der Waals surface area contributed by atoms with Crippen LogP contribution in [0.25, 0.3) is 0 Å². The van der Waals surface area contributed by atoms with E-state index >= 15 is 0 Å². The van der Waals surface area contributed by atoms with Gasteiger partial charge in [0, 0.05) is 56.1 Å². The third-order valence-corrected chi connectivity index (χ3v) is 8.72. The lowest BCUT2D eigenvalue weighted by atomic mass is 9.96. The van der Waals surface area contributed by atoms with Crippen LogP contribution in [0.3, 0.4) is 0 Å². The van der Waals surface area contributed by atoms with Gasteiger partial charge >= 0.3 is 0 Å². The van der Waals surface area contributed by atoms with Gasteiger partial charge in [-0.1, -0.05) is 30.0 Å². The number of nitrogens with zero attached hydrogens (tertiary/aromatic N) is 3. The van der Waals surface area contributed by atoms with Crippen molar-refractivity contribution in [2.75, 3.05) is 47.3 Å². The normalized spacial score (nSPS) is 21.2. The van der Waals surface area contributed by atoms with Crippen LogP contribution in [-0.4, -0.2) is 69.8 Å². The first-order valence-electron chi connectivity index (χ1n) is 9.61. The van der Waals surface area contributed by atoms with Crippen molar-refractivity contribution in [1.82, 2.24) is 14.1 Å². The minimum absolute atomic E-state index is 0.192. The summed E-state index contributed by atoms with van der Waals surface area (Å²) in [6.07, 6.45) is 0.908. The molecule has 2 heterocycles. The van der Waals surface area contributed by atoms with E-state index < -0.39 is 10.0 Å². The van der Waals surface area contributed by atoms with Crippen LogP contribution in [0.5, 0.6) is 0 Å². The van der Waals surface area contributed by atoms with Gasteiger partial charge in [-0.3, -0.25) is 4.90 Å². The van der Waals surface area contributed by atoms with E-state index in [4.69, 9.17) is 0 Å². The van der Waals surface area contributed by atoms with Crippen LogP contribution >= 0.6 is 11.8 Å². The van der Waals surface area contributed by atoms with Gasteiger partial charge in [0.05, 0.1) is 4.90 Å². The fraction of sp³-hybridized carbons (Fsp3) is 0.429. The fourth-order valence-corrected chi connectivity index (χ4v) is 5.97. The lowest BCUT2D eigenvalue weighted by Crippen LogP contribution is -2.46. The summed E-state index contributed by atoms with van der Waals surface area (Å²) in [7, 11) is 1.88. The van der Waals surface area contributed by atoms with E-state index in [0.29, 0.717) is 4.90 Å². The van der Waals surface area contributed by atoms with Crippen molar-refractivity contribution in [3.8, 4) is 0 Å². The Morgan fingerprint density at radius 2 is 1.71 bits per heavy atom. The Balaban J connectivity index is 1.81. The quantitative estimate of drug-likeness (QED) is 0.768. The summed E-state index contributed by atoms with van der Waals surface area (Å²) in [5.41, 5.74) is 2.47. The van der Waals surface area contributed by atoms with E-state index in [1.165, 1.54) is 14.8 Å². The maximum absolute atomic E-state index is 12.7. The lowest BCUT2D eigenvalue weighted by Gasteiger charge is -2.38. The minimum Gasteiger partial charge on any atom is -0.304 e. The Morgan fingerprint density at radius 3 is 2.43 bits per heavy atom. The predicted molar refractivity (Wildman–Crippen MR) is 113 cm³/mol. The molecule has 28 heavy (non-hydrogen) atoms. The van der Waals surface area contributed by atoms with Gasteiger partial charge in [0.25, 0.3) is 0 Å². The molecule has 4 rings (SSSR count). The average Bonchev–Trinajstić information content (AvgIpc) is 2.84. The van der Waals surface area contributed by atoms with Crippen molar-refractivity contribution >= 4 is 21.8 Å². The zero-order valence-electron chi connectivity index (χ0n) is 16.6. The molecule has 2 aliphatic rings. The summed E-state index contributed by atoms with van der Waals surface area (Å²) >= 11 is 1.75. The Morgan fingerprint density at radius 1 is 1.00 bits per heavy atom. The van der Waals surface area contributed by atoms with E-state index in [1.54, 1.807) is 31.9 Å². The van der Waals surface area contributed by atoms with Crippen molar-refractivity contribution in [3.63, 3.8) is 0 Å². The zero-order valence-corrected chi connectivity index (χ0v) is 18.3. The van der Waals surface area contributed by atoms with Crippen LogP contribution in [0.15, 0.2) is 57.2 Å². The van der Waals surface area contributed by atoms with E-state index in [-0.39, 0.29) is 6.04 Å². The molecule has 2 aromatic carbocycles. The molecule has 0 spiro atoms. The summed E-state index contributed by atoms with van der Waals surface area (Å²) in [4.78, 5) is 7.68. The first kappa shape index (κ1) is 19.9.